The molecule has 2 heterocycles. The number of carbonyl (C=O) groups excluding carboxylic acids is 1. The lowest BCUT2D eigenvalue weighted by atomic mass is 10.2. The molecule has 0 bridgehead atoms. The van der Waals surface area contributed by atoms with Gasteiger partial charge in [0.15, 0.2) is 0 Å². The van der Waals surface area contributed by atoms with Gasteiger partial charge in [0, 0.05) is 19.2 Å². The predicted molar refractivity (Wildman–Crippen MR) is 66.0 cm³/mol. The largest absolute Gasteiger partial charge is 0.379 e. The highest BCUT2D eigenvalue weighted by molar-refractivity contribution is 5.74. The van der Waals surface area contributed by atoms with Gasteiger partial charge < -0.3 is 15.4 Å². The molecule has 0 aliphatic carbocycles. The van der Waals surface area contributed by atoms with Crippen molar-refractivity contribution >= 4 is 6.03 Å². The van der Waals surface area contributed by atoms with E-state index in [1.807, 2.05) is 0 Å². The van der Waals surface area contributed by atoms with Crippen molar-refractivity contribution in [3.05, 3.63) is 0 Å². The van der Waals surface area contributed by atoms with Gasteiger partial charge in [-0.1, -0.05) is 0 Å². The molecular formula is C12H23N3O2. The van der Waals surface area contributed by atoms with Gasteiger partial charge in [0.05, 0.1) is 12.6 Å². The first-order valence-corrected chi connectivity index (χ1v) is 6.62. The fourth-order valence-electron chi connectivity index (χ4n) is 2.44. The van der Waals surface area contributed by atoms with Gasteiger partial charge in [-0.3, -0.25) is 4.90 Å². The fraction of sp³-hybridized carbons (Fsp3) is 0.917. The van der Waals surface area contributed by atoms with Crippen LogP contribution in [0.25, 0.3) is 0 Å². The summed E-state index contributed by atoms with van der Waals surface area (Å²) in [6, 6.07) is 0.562. The summed E-state index contributed by atoms with van der Waals surface area (Å²) in [5, 5.41) is 5.87. The SMILES string of the molecule is CC(CNC(=O)NC1CCOC1)N1CCCC1. The second-order valence-electron chi connectivity index (χ2n) is 5.01. The molecule has 2 saturated heterocycles. The number of hydrogen-bond acceptors (Lipinski definition) is 3. The summed E-state index contributed by atoms with van der Waals surface area (Å²) in [5.74, 6) is 0. The number of urea groups is 1. The van der Waals surface area contributed by atoms with Crippen LogP contribution in [0.3, 0.4) is 0 Å². The summed E-state index contributed by atoms with van der Waals surface area (Å²) in [6.45, 7) is 6.63. The Labute approximate surface area is 103 Å². The van der Waals surface area contributed by atoms with Gasteiger partial charge in [-0.2, -0.15) is 0 Å². The highest BCUT2D eigenvalue weighted by Gasteiger charge is 2.20. The van der Waals surface area contributed by atoms with Crippen LogP contribution in [0.4, 0.5) is 4.79 Å². The number of ether oxygens (including phenoxy) is 1. The van der Waals surface area contributed by atoms with Crippen LogP contribution in [0.15, 0.2) is 0 Å². The molecule has 2 unspecified atom stereocenters. The molecule has 0 saturated carbocycles. The third-order valence-electron chi connectivity index (χ3n) is 3.59. The molecule has 0 radical (unpaired) electrons. The van der Waals surface area contributed by atoms with Crippen LogP contribution in [-0.4, -0.2) is 55.9 Å². The molecule has 2 fully saturated rings. The molecule has 0 spiro atoms. The van der Waals surface area contributed by atoms with Gasteiger partial charge in [0.25, 0.3) is 0 Å². The first kappa shape index (κ1) is 12.6. The van der Waals surface area contributed by atoms with E-state index in [0.29, 0.717) is 12.6 Å². The number of nitrogens with one attached hydrogen (secondary N) is 2. The molecule has 98 valence electrons. The van der Waals surface area contributed by atoms with E-state index in [9.17, 15) is 4.79 Å². The molecule has 2 rings (SSSR count). The molecule has 2 aliphatic rings. The van der Waals surface area contributed by atoms with Crippen molar-refractivity contribution in [1.82, 2.24) is 15.5 Å². The Hall–Kier alpha value is -0.810. The highest BCUT2D eigenvalue weighted by atomic mass is 16.5. The lowest BCUT2D eigenvalue weighted by Crippen LogP contribution is -2.47. The van der Waals surface area contributed by atoms with Crippen molar-refractivity contribution in [2.75, 3.05) is 32.8 Å². The minimum atomic E-state index is -0.0634. The van der Waals surface area contributed by atoms with Crippen LogP contribution >= 0.6 is 0 Å². The van der Waals surface area contributed by atoms with Crippen LogP contribution < -0.4 is 10.6 Å². The minimum Gasteiger partial charge on any atom is -0.379 e. The summed E-state index contributed by atoms with van der Waals surface area (Å²) in [7, 11) is 0. The van der Waals surface area contributed by atoms with Crippen molar-refractivity contribution in [2.24, 2.45) is 0 Å². The van der Waals surface area contributed by atoms with E-state index < -0.39 is 0 Å². The Bertz CT molecular complexity index is 248. The lowest BCUT2D eigenvalue weighted by molar-refractivity contribution is 0.187. The Morgan fingerprint density at radius 1 is 1.47 bits per heavy atom. The zero-order valence-electron chi connectivity index (χ0n) is 10.6. The zero-order valence-corrected chi connectivity index (χ0v) is 10.6. The molecule has 2 atom stereocenters. The number of hydrogen-bond donors (Lipinski definition) is 2. The maximum Gasteiger partial charge on any atom is 0.315 e. The van der Waals surface area contributed by atoms with Crippen LogP contribution in [0.2, 0.25) is 0 Å². The average Bonchev–Trinajstić information content (AvgIpc) is 2.97. The molecule has 2 aliphatic heterocycles. The van der Waals surface area contributed by atoms with E-state index in [1.165, 1.54) is 25.9 Å². The first-order valence-electron chi connectivity index (χ1n) is 6.62. The molecule has 2 amide bonds. The molecule has 2 N–H and O–H groups in total. The molecule has 0 aromatic carbocycles. The first-order chi connectivity index (χ1) is 8.25. The summed E-state index contributed by atoms with van der Waals surface area (Å²) < 4.78 is 5.21. The van der Waals surface area contributed by atoms with E-state index in [1.54, 1.807) is 0 Å². The van der Waals surface area contributed by atoms with Crippen LogP contribution in [-0.2, 0) is 4.74 Å². The maximum atomic E-state index is 11.6. The summed E-state index contributed by atoms with van der Waals surface area (Å²) in [5.41, 5.74) is 0. The Balaban J connectivity index is 1.61. The van der Waals surface area contributed by atoms with Gasteiger partial charge in [-0.15, -0.1) is 0 Å². The second-order valence-corrected chi connectivity index (χ2v) is 5.01. The topological polar surface area (TPSA) is 53.6 Å². The van der Waals surface area contributed by atoms with Crippen molar-refractivity contribution in [1.29, 1.82) is 0 Å². The molecular weight excluding hydrogens is 218 g/mol. The second kappa shape index (κ2) is 6.21. The number of amides is 2. The van der Waals surface area contributed by atoms with Crippen molar-refractivity contribution < 1.29 is 9.53 Å². The van der Waals surface area contributed by atoms with Crippen LogP contribution in [0.1, 0.15) is 26.2 Å². The van der Waals surface area contributed by atoms with Crippen molar-refractivity contribution in [3.8, 4) is 0 Å². The quantitative estimate of drug-likeness (QED) is 0.756. The standard InChI is InChI=1S/C12H23N3O2/c1-10(15-5-2-3-6-15)8-13-12(16)14-11-4-7-17-9-11/h10-11H,2-9H2,1H3,(H2,13,14,16). The third-order valence-corrected chi connectivity index (χ3v) is 3.59. The number of rotatable bonds is 4. The average molecular weight is 241 g/mol. The highest BCUT2D eigenvalue weighted by Crippen LogP contribution is 2.10. The molecule has 5 nitrogen and oxygen atoms in total. The van der Waals surface area contributed by atoms with Crippen LogP contribution in [0.5, 0.6) is 0 Å². The number of nitrogens with zero attached hydrogens (tertiary/aromatic N) is 1. The number of carbonyl (C=O) groups is 1. The Kier molecular flexibility index (Phi) is 4.62. The minimum absolute atomic E-state index is 0.0634. The molecule has 0 aromatic rings. The van der Waals surface area contributed by atoms with E-state index in [4.69, 9.17) is 4.74 Å². The van der Waals surface area contributed by atoms with Gasteiger partial charge in [0.2, 0.25) is 0 Å². The summed E-state index contributed by atoms with van der Waals surface area (Å²) >= 11 is 0. The molecule has 0 aromatic heterocycles. The Morgan fingerprint density at radius 2 is 2.24 bits per heavy atom. The van der Waals surface area contributed by atoms with E-state index in [0.717, 1.165) is 19.6 Å². The monoisotopic (exact) mass is 241 g/mol. The Morgan fingerprint density at radius 3 is 2.88 bits per heavy atom. The van der Waals surface area contributed by atoms with Gasteiger partial charge in [-0.05, 0) is 39.3 Å². The smallest absolute Gasteiger partial charge is 0.315 e. The van der Waals surface area contributed by atoms with Crippen molar-refractivity contribution in [2.45, 2.75) is 38.3 Å². The zero-order chi connectivity index (χ0) is 12.1. The normalized spacial score (nSPS) is 27.0. The van der Waals surface area contributed by atoms with Gasteiger partial charge >= 0.3 is 6.03 Å². The molecule has 17 heavy (non-hydrogen) atoms. The lowest BCUT2D eigenvalue weighted by Gasteiger charge is -2.24. The summed E-state index contributed by atoms with van der Waals surface area (Å²) in [4.78, 5) is 14.1. The van der Waals surface area contributed by atoms with Crippen molar-refractivity contribution in [3.63, 3.8) is 0 Å². The fourth-order valence-corrected chi connectivity index (χ4v) is 2.44. The molecule has 5 heteroatoms. The van der Waals surface area contributed by atoms with Gasteiger partial charge in [-0.25, -0.2) is 4.79 Å². The van der Waals surface area contributed by atoms with E-state index in [-0.39, 0.29) is 12.1 Å². The third kappa shape index (κ3) is 3.85. The van der Waals surface area contributed by atoms with Gasteiger partial charge in [0.1, 0.15) is 0 Å². The van der Waals surface area contributed by atoms with E-state index in [2.05, 4.69) is 22.5 Å². The van der Waals surface area contributed by atoms with E-state index >= 15 is 0 Å². The van der Waals surface area contributed by atoms with Crippen LogP contribution in [0, 0.1) is 0 Å². The summed E-state index contributed by atoms with van der Waals surface area (Å²) in [6.07, 6.45) is 3.50. The predicted octanol–water partition coefficient (Wildman–Crippen LogP) is 0.559. The maximum absolute atomic E-state index is 11.6. The number of likely N-dealkylation sites (tertiary alicyclic amines) is 1.